The van der Waals surface area contributed by atoms with Gasteiger partial charge in [-0.2, -0.15) is 0 Å². The highest BCUT2D eigenvalue weighted by molar-refractivity contribution is 5.70. The van der Waals surface area contributed by atoms with Crippen molar-refractivity contribution in [2.24, 2.45) is 0 Å². The van der Waals surface area contributed by atoms with E-state index in [0.29, 0.717) is 19.3 Å². The monoisotopic (exact) mass is 649 g/mol. The molecule has 0 saturated carbocycles. The number of hydrogen-bond acceptors (Lipinski definition) is 6. The van der Waals surface area contributed by atoms with Gasteiger partial charge in [0.1, 0.15) is 6.61 Å². The van der Waals surface area contributed by atoms with E-state index >= 15 is 0 Å². The van der Waals surface area contributed by atoms with Crippen molar-refractivity contribution in [3.05, 3.63) is 36.5 Å². The molecule has 2 atom stereocenters. The van der Waals surface area contributed by atoms with Gasteiger partial charge in [0, 0.05) is 12.8 Å². The molecule has 0 aromatic heterocycles. The van der Waals surface area contributed by atoms with Crippen molar-refractivity contribution >= 4 is 11.9 Å². The first-order valence-corrected chi connectivity index (χ1v) is 19.2. The van der Waals surface area contributed by atoms with Crippen molar-refractivity contribution in [2.45, 2.75) is 193 Å². The normalized spacial score (nSPS) is 13.2. The number of allylic oxidation sites excluding steroid dienone is 5. The number of unbranched alkanes of at least 4 members (excludes halogenated alkanes) is 19. The Kier molecular flexibility index (Phi) is 34.4. The SMILES string of the molecule is CCCCCCCC/C=C/C/C=C/C=C/C(O)CCCC(=O)OC[C@H](CO)OC(=O)CCCCCCCCCCCCCCCC. The smallest absolute Gasteiger partial charge is 0.306 e. The lowest BCUT2D eigenvalue weighted by Gasteiger charge is -2.16. The lowest BCUT2D eigenvalue weighted by Crippen LogP contribution is -2.28. The summed E-state index contributed by atoms with van der Waals surface area (Å²) in [4.78, 5) is 24.2. The predicted octanol–water partition coefficient (Wildman–Crippen LogP) is 10.6. The Balaban J connectivity index is 3.75. The largest absolute Gasteiger partial charge is 0.462 e. The molecule has 0 fully saturated rings. The average molecular weight is 649 g/mol. The number of aliphatic hydroxyl groups excluding tert-OH is 2. The molecule has 0 spiro atoms. The Hall–Kier alpha value is -1.92. The highest BCUT2D eigenvalue weighted by Crippen LogP contribution is 2.14. The van der Waals surface area contributed by atoms with E-state index in [4.69, 9.17) is 9.47 Å². The van der Waals surface area contributed by atoms with Gasteiger partial charge in [0.2, 0.25) is 0 Å². The second kappa shape index (κ2) is 35.9. The van der Waals surface area contributed by atoms with Gasteiger partial charge < -0.3 is 19.7 Å². The molecule has 46 heavy (non-hydrogen) atoms. The molecule has 2 N–H and O–H groups in total. The fourth-order valence-electron chi connectivity index (χ4n) is 5.33. The molecule has 6 nitrogen and oxygen atoms in total. The van der Waals surface area contributed by atoms with Gasteiger partial charge in [0.25, 0.3) is 0 Å². The van der Waals surface area contributed by atoms with E-state index in [9.17, 15) is 19.8 Å². The van der Waals surface area contributed by atoms with Gasteiger partial charge in [-0.05, 0) is 38.5 Å². The van der Waals surface area contributed by atoms with E-state index in [1.807, 2.05) is 12.2 Å². The Morgan fingerprint density at radius 1 is 0.609 bits per heavy atom. The molecule has 0 aliphatic rings. The van der Waals surface area contributed by atoms with Crippen molar-refractivity contribution in [3.63, 3.8) is 0 Å². The minimum atomic E-state index is -0.839. The third-order valence-electron chi connectivity index (χ3n) is 8.29. The number of hydrogen-bond donors (Lipinski definition) is 2. The molecule has 6 heteroatoms. The molecule has 0 bridgehead atoms. The molecule has 268 valence electrons. The summed E-state index contributed by atoms with van der Waals surface area (Å²) in [6.45, 7) is 3.96. The third kappa shape index (κ3) is 33.4. The van der Waals surface area contributed by atoms with Gasteiger partial charge >= 0.3 is 11.9 Å². The maximum absolute atomic E-state index is 12.1. The molecule has 0 heterocycles. The molecule has 1 unspecified atom stereocenters. The van der Waals surface area contributed by atoms with Crippen molar-refractivity contribution in [3.8, 4) is 0 Å². The summed E-state index contributed by atoms with van der Waals surface area (Å²) in [5.74, 6) is -0.785. The van der Waals surface area contributed by atoms with Crippen LogP contribution in [0.15, 0.2) is 36.5 Å². The van der Waals surface area contributed by atoms with Crippen LogP contribution < -0.4 is 0 Å². The Labute approximate surface area is 283 Å². The Bertz CT molecular complexity index is 759. The van der Waals surface area contributed by atoms with E-state index in [1.165, 1.54) is 109 Å². The number of ether oxygens (including phenoxy) is 2. The van der Waals surface area contributed by atoms with Gasteiger partial charge in [-0.3, -0.25) is 9.59 Å². The van der Waals surface area contributed by atoms with Crippen LogP contribution in [0, 0.1) is 0 Å². The summed E-state index contributed by atoms with van der Waals surface area (Å²) in [5, 5.41) is 19.6. The first-order chi connectivity index (χ1) is 22.5. The maximum atomic E-state index is 12.1. The highest BCUT2D eigenvalue weighted by atomic mass is 16.6. The van der Waals surface area contributed by atoms with Crippen molar-refractivity contribution in [2.75, 3.05) is 13.2 Å². The molecule has 0 amide bonds. The van der Waals surface area contributed by atoms with Crippen molar-refractivity contribution < 1.29 is 29.3 Å². The minimum absolute atomic E-state index is 0.152. The topological polar surface area (TPSA) is 93.1 Å². The molecular weight excluding hydrogens is 576 g/mol. The molecule has 0 aliphatic heterocycles. The maximum Gasteiger partial charge on any atom is 0.306 e. The Morgan fingerprint density at radius 3 is 1.70 bits per heavy atom. The zero-order valence-electron chi connectivity index (χ0n) is 29.9. The second-order valence-electron chi connectivity index (χ2n) is 12.9. The summed E-state index contributed by atoms with van der Waals surface area (Å²) < 4.78 is 10.5. The van der Waals surface area contributed by atoms with Crippen LogP contribution in [0.3, 0.4) is 0 Å². The van der Waals surface area contributed by atoms with E-state index < -0.39 is 18.2 Å². The predicted molar refractivity (Wildman–Crippen MR) is 193 cm³/mol. The summed E-state index contributed by atoms with van der Waals surface area (Å²) in [7, 11) is 0. The summed E-state index contributed by atoms with van der Waals surface area (Å²) in [6, 6.07) is 0. The highest BCUT2D eigenvalue weighted by Gasteiger charge is 2.16. The summed E-state index contributed by atoms with van der Waals surface area (Å²) >= 11 is 0. The number of carbonyl (C=O) groups excluding carboxylic acids is 2. The van der Waals surface area contributed by atoms with Crippen LogP contribution in [0.2, 0.25) is 0 Å². The van der Waals surface area contributed by atoms with Crippen LogP contribution in [0.5, 0.6) is 0 Å². The summed E-state index contributed by atoms with van der Waals surface area (Å²) in [5.41, 5.74) is 0. The average Bonchev–Trinajstić information content (AvgIpc) is 3.05. The van der Waals surface area contributed by atoms with Crippen LogP contribution in [0.25, 0.3) is 0 Å². The van der Waals surface area contributed by atoms with Crippen LogP contribution in [0.1, 0.15) is 181 Å². The Morgan fingerprint density at radius 2 is 1.13 bits per heavy atom. The first-order valence-electron chi connectivity index (χ1n) is 19.2. The fraction of sp³-hybridized carbons (Fsp3) is 0.800. The van der Waals surface area contributed by atoms with Gasteiger partial charge in [0.15, 0.2) is 6.10 Å². The third-order valence-corrected chi connectivity index (χ3v) is 8.29. The molecular formula is C40H72O6. The molecule has 0 saturated heterocycles. The zero-order valence-corrected chi connectivity index (χ0v) is 29.9. The van der Waals surface area contributed by atoms with Crippen LogP contribution >= 0.6 is 0 Å². The second-order valence-corrected chi connectivity index (χ2v) is 12.9. The molecule has 0 rings (SSSR count). The van der Waals surface area contributed by atoms with Crippen LogP contribution in [-0.4, -0.2) is 47.6 Å². The minimum Gasteiger partial charge on any atom is -0.462 e. The van der Waals surface area contributed by atoms with E-state index in [-0.39, 0.29) is 25.6 Å². The number of rotatable bonds is 34. The van der Waals surface area contributed by atoms with E-state index in [2.05, 4.69) is 32.1 Å². The molecule has 0 aromatic carbocycles. The standard InChI is InChI=1S/C40H72O6/c1-3-5-7-9-11-13-15-17-19-21-23-25-27-29-33-40(44)46-38(35-41)36-45-39(43)34-30-32-37(42)31-28-26-24-22-20-18-16-14-12-10-8-6-4-2/h18,20,24,26,28,31,37-38,41-42H,3-17,19,21-23,25,27,29-30,32-36H2,1-2H3/b20-18+,26-24+,31-28+/t37?,38-/m0/s1. The number of aliphatic hydroxyl groups is 2. The molecule has 0 aliphatic carbocycles. The number of carbonyl (C=O) groups is 2. The van der Waals surface area contributed by atoms with Crippen molar-refractivity contribution in [1.29, 1.82) is 0 Å². The van der Waals surface area contributed by atoms with E-state index in [1.54, 1.807) is 6.08 Å². The van der Waals surface area contributed by atoms with Gasteiger partial charge in [-0.25, -0.2) is 0 Å². The van der Waals surface area contributed by atoms with Gasteiger partial charge in [-0.1, -0.05) is 166 Å². The number of esters is 2. The van der Waals surface area contributed by atoms with Gasteiger partial charge in [0.05, 0.1) is 12.7 Å². The molecule has 0 aromatic rings. The quantitative estimate of drug-likeness (QED) is 0.0312. The fourth-order valence-corrected chi connectivity index (χ4v) is 5.33. The van der Waals surface area contributed by atoms with Crippen LogP contribution in [-0.2, 0) is 19.1 Å². The lowest BCUT2D eigenvalue weighted by atomic mass is 10.0. The van der Waals surface area contributed by atoms with Crippen molar-refractivity contribution in [1.82, 2.24) is 0 Å². The summed E-state index contributed by atoms with van der Waals surface area (Å²) in [6.07, 6.45) is 39.5. The zero-order chi connectivity index (χ0) is 33.8. The first kappa shape index (κ1) is 44.1. The van der Waals surface area contributed by atoms with Gasteiger partial charge in [-0.15, -0.1) is 0 Å². The van der Waals surface area contributed by atoms with Crippen LogP contribution in [0.4, 0.5) is 0 Å². The van der Waals surface area contributed by atoms with E-state index in [0.717, 1.165) is 32.1 Å². The molecule has 0 radical (unpaired) electrons. The lowest BCUT2D eigenvalue weighted by molar-refractivity contribution is -0.161.